The van der Waals surface area contributed by atoms with Crippen molar-refractivity contribution in [2.24, 2.45) is 0 Å². The highest BCUT2D eigenvalue weighted by Gasteiger charge is 2.30. The van der Waals surface area contributed by atoms with Crippen LogP contribution in [0.15, 0.2) is 36.4 Å². The van der Waals surface area contributed by atoms with Crippen LogP contribution in [0.5, 0.6) is 17.2 Å². The Hall–Kier alpha value is -3.06. The number of phenolic OH excluding ortho intramolecular Hbond substituents is 3. The molecule has 1 aliphatic rings. The molecule has 0 atom stereocenters. The molecular weight excluding hydrogens is 739 g/mol. The van der Waals surface area contributed by atoms with Gasteiger partial charge < -0.3 is 15.3 Å². The van der Waals surface area contributed by atoms with Crippen molar-refractivity contribution in [2.75, 3.05) is 39.6 Å². The molecule has 0 radical (unpaired) electrons. The molecule has 0 unspecified atom stereocenters. The van der Waals surface area contributed by atoms with E-state index in [4.69, 9.17) is 0 Å². The molecule has 6 nitrogen and oxygen atoms in total. The number of rotatable bonds is 12. The highest BCUT2D eigenvalue weighted by molar-refractivity contribution is 5.52. The molecule has 1 fully saturated rings. The summed E-state index contributed by atoms with van der Waals surface area (Å²) in [5.41, 5.74) is 9.32. The molecule has 0 aromatic heterocycles. The summed E-state index contributed by atoms with van der Waals surface area (Å²) in [6, 6.07) is 13.5. The summed E-state index contributed by atoms with van der Waals surface area (Å²) >= 11 is 0. The molecule has 0 amide bonds. The number of aromatic hydroxyl groups is 3. The lowest BCUT2D eigenvalue weighted by atomic mass is 9.78. The lowest BCUT2D eigenvalue weighted by molar-refractivity contribution is -0.0303. The molecule has 1 aliphatic heterocycles. The number of benzene rings is 3. The fourth-order valence-corrected chi connectivity index (χ4v) is 8.87. The predicted molar refractivity (Wildman–Crippen MR) is 256 cm³/mol. The molecule has 1 heterocycles. The van der Waals surface area contributed by atoms with Crippen molar-refractivity contribution in [3.05, 3.63) is 86.5 Å². The van der Waals surface area contributed by atoms with Gasteiger partial charge in [-0.15, -0.1) is 0 Å². The fourth-order valence-electron chi connectivity index (χ4n) is 8.87. The highest BCUT2D eigenvalue weighted by Crippen LogP contribution is 2.43. The second-order valence-electron chi connectivity index (χ2n) is 24.5. The summed E-state index contributed by atoms with van der Waals surface area (Å²) in [5.74, 6) is 1.36. The second kappa shape index (κ2) is 18.3. The minimum Gasteiger partial charge on any atom is -0.507 e. The maximum atomic E-state index is 11.3. The van der Waals surface area contributed by atoms with Crippen LogP contribution in [-0.4, -0.2) is 69.7 Å². The third kappa shape index (κ3) is 13.0. The lowest BCUT2D eigenvalue weighted by Gasteiger charge is -2.42. The first-order valence-electron chi connectivity index (χ1n) is 23.0. The number of phenols is 3. The quantitative estimate of drug-likeness (QED) is 0.169. The summed E-state index contributed by atoms with van der Waals surface area (Å²) in [4.78, 5) is 7.89. The van der Waals surface area contributed by atoms with Gasteiger partial charge >= 0.3 is 0 Å². The van der Waals surface area contributed by atoms with Gasteiger partial charge in [-0.3, -0.25) is 14.7 Å². The molecule has 0 bridgehead atoms. The molecule has 0 aliphatic carbocycles. The Morgan fingerprint density at radius 3 is 0.650 bits per heavy atom. The first kappa shape index (κ1) is 49.6. The summed E-state index contributed by atoms with van der Waals surface area (Å²) in [6.45, 7) is 45.3. The van der Waals surface area contributed by atoms with Crippen LogP contribution in [0.2, 0.25) is 0 Å². The minimum atomic E-state index is -0.139. The van der Waals surface area contributed by atoms with Crippen LogP contribution in [0, 0.1) is 0 Å². The van der Waals surface area contributed by atoms with Crippen molar-refractivity contribution in [3.63, 3.8) is 0 Å². The van der Waals surface area contributed by atoms with E-state index < -0.39 is 0 Å². The topological polar surface area (TPSA) is 70.4 Å². The Kier molecular flexibility index (Phi) is 15.2. The Bertz CT molecular complexity index is 1580. The van der Waals surface area contributed by atoms with Crippen molar-refractivity contribution < 1.29 is 15.3 Å². The van der Waals surface area contributed by atoms with Crippen molar-refractivity contribution >= 4 is 0 Å². The number of aryl methyl sites for hydroxylation is 3. The summed E-state index contributed by atoms with van der Waals surface area (Å²) in [7, 11) is 0. The van der Waals surface area contributed by atoms with E-state index in [-0.39, 0.29) is 32.5 Å². The molecule has 3 N–H and O–H groups in total. The van der Waals surface area contributed by atoms with Crippen molar-refractivity contribution in [1.82, 2.24) is 14.7 Å². The molecule has 3 aromatic carbocycles. The Labute approximate surface area is 367 Å². The standard InChI is InChI=1S/C54H87N3O3/c1-49(2,3)40-28-37(29-41(46(40)58)50(4,5)6)22-19-25-55-34-56(26-20-23-38-30-42(51(7,8)9)47(59)43(31-38)52(10,11)12)36-57(35-55)27-21-24-39-32-44(53(13,14)15)48(60)45(33-39)54(16,17)18/h28-33,58-60H,19-27,34-36H2,1-18H3. The molecule has 4 rings (SSSR count). The zero-order chi connectivity index (χ0) is 45.4. The van der Waals surface area contributed by atoms with E-state index in [1.807, 2.05) is 0 Å². The summed E-state index contributed by atoms with van der Waals surface area (Å²) in [5, 5.41) is 34.0. The Morgan fingerprint density at radius 1 is 0.333 bits per heavy atom. The van der Waals surface area contributed by atoms with Crippen LogP contribution < -0.4 is 0 Å². The number of hydrogen-bond acceptors (Lipinski definition) is 6. The highest BCUT2D eigenvalue weighted by atomic mass is 16.3. The largest absolute Gasteiger partial charge is 0.507 e. The summed E-state index contributed by atoms with van der Waals surface area (Å²) in [6.07, 6.45) is 6.08. The van der Waals surface area contributed by atoms with E-state index in [9.17, 15) is 15.3 Å². The van der Waals surface area contributed by atoms with E-state index in [2.05, 4.69) is 176 Å². The van der Waals surface area contributed by atoms with Gasteiger partial charge in [0.15, 0.2) is 0 Å². The van der Waals surface area contributed by atoms with Crippen LogP contribution in [-0.2, 0) is 51.8 Å². The van der Waals surface area contributed by atoms with Gasteiger partial charge in [0.1, 0.15) is 17.2 Å². The third-order valence-electron chi connectivity index (χ3n) is 12.4. The van der Waals surface area contributed by atoms with Crippen molar-refractivity contribution in [3.8, 4) is 17.2 Å². The average Bonchev–Trinajstić information content (AvgIpc) is 3.07. The van der Waals surface area contributed by atoms with Crippen LogP contribution in [0.3, 0.4) is 0 Å². The second-order valence-corrected chi connectivity index (χ2v) is 24.5. The normalized spacial score (nSPS) is 15.9. The van der Waals surface area contributed by atoms with E-state index in [1.165, 1.54) is 16.7 Å². The zero-order valence-electron chi connectivity index (χ0n) is 41.6. The molecular formula is C54H87N3O3. The first-order valence-corrected chi connectivity index (χ1v) is 23.0. The van der Waals surface area contributed by atoms with Crippen molar-refractivity contribution in [1.29, 1.82) is 0 Å². The van der Waals surface area contributed by atoms with Crippen LogP contribution in [0.4, 0.5) is 0 Å². The number of nitrogens with zero attached hydrogens (tertiary/aromatic N) is 3. The lowest BCUT2D eigenvalue weighted by Crippen LogP contribution is -2.55. The van der Waals surface area contributed by atoms with Crippen LogP contribution in [0.25, 0.3) is 0 Å². The van der Waals surface area contributed by atoms with Crippen LogP contribution >= 0.6 is 0 Å². The van der Waals surface area contributed by atoms with Gasteiger partial charge in [-0.2, -0.15) is 0 Å². The SMILES string of the molecule is CC(C)(C)c1cc(CCCN2CN(CCCc3cc(C(C)(C)C)c(O)c(C(C)(C)C)c3)CN(CCCc3cc(C(C)(C)C)c(O)c(C(C)(C)C)c3)C2)cc(C(C)(C)C)c1O. The molecule has 0 saturated carbocycles. The van der Waals surface area contributed by atoms with E-state index in [0.717, 1.165) is 112 Å². The fraction of sp³-hybridized carbons (Fsp3) is 0.667. The molecule has 336 valence electrons. The summed E-state index contributed by atoms with van der Waals surface area (Å²) < 4.78 is 0. The first-order chi connectivity index (χ1) is 27.3. The Balaban J connectivity index is 1.54. The van der Waals surface area contributed by atoms with Crippen molar-refractivity contribution in [2.45, 2.75) is 196 Å². The van der Waals surface area contributed by atoms with Gasteiger partial charge in [-0.25, -0.2) is 0 Å². The van der Waals surface area contributed by atoms with Gasteiger partial charge in [0.25, 0.3) is 0 Å². The van der Waals surface area contributed by atoms with E-state index in [0.29, 0.717) is 17.2 Å². The Morgan fingerprint density at radius 2 is 0.500 bits per heavy atom. The monoisotopic (exact) mass is 826 g/mol. The van der Waals surface area contributed by atoms with E-state index >= 15 is 0 Å². The van der Waals surface area contributed by atoms with E-state index in [1.54, 1.807) is 0 Å². The van der Waals surface area contributed by atoms with Gasteiger partial charge in [-0.05, 0) is 121 Å². The molecule has 0 spiro atoms. The van der Waals surface area contributed by atoms with Gasteiger partial charge in [0.05, 0.1) is 20.0 Å². The smallest absolute Gasteiger partial charge is 0.123 e. The molecule has 60 heavy (non-hydrogen) atoms. The molecule has 6 heteroatoms. The molecule has 1 saturated heterocycles. The predicted octanol–water partition coefficient (Wildman–Crippen LogP) is 12.6. The third-order valence-corrected chi connectivity index (χ3v) is 12.4. The van der Waals surface area contributed by atoms with Crippen LogP contribution in [0.1, 0.15) is 194 Å². The minimum absolute atomic E-state index is 0.139. The maximum Gasteiger partial charge on any atom is 0.123 e. The molecule has 3 aromatic rings. The average molecular weight is 826 g/mol. The zero-order valence-corrected chi connectivity index (χ0v) is 41.6. The number of hydrogen-bond donors (Lipinski definition) is 3. The van der Waals surface area contributed by atoms with Gasteiger partial charge in [-0.1, -0.05) is 161 Å². The van der Waals surface area contributed by atoms with Gasteiger partial charge in [0.2, 0.25) is 0 Å². The maximum absolute atomic E-state index is 11.3. The van der Waals surface area contributed by atoms with Gasteiger partial charge in [0, 0.05) is 19.6 Å².